The van der Waals surface area contributed by atoms with Crippen LogP contribution in [0.1, 0.15) is 40.0 Å². The Labute approximate surface area is 82.5 Å². The maximum Gasteiger partial charge on any atom is 0.0181 e. The van der Waals surface area contributed by atoms with Gasteiger partial charge in [0.15, 0.2) is 0 Å². The quantitative estimate of drug-likeness (QED) is 0.725. The number of rotatable bonds is 3. The van der Waals surface area contributed by atoms with Crippen molar-refractivity contribution < 1.29 is 0 Å². The van der Waals surface area contributed by atoms with Gasteiger partial charge in [0.1, 0.15) is 0 Å². The largest absolute Gasteiger partial charge is 0.330 e. The van der Waals surface area contributed by atoms with E-state index in [0.717, 1.165) is 12.5 Å². The molecular formula is C11H24N2. The first-order chi connectivity index (χ1) is 6.12. The Morgan fingerprint density at radius 2 is 2.15 bits per heavy atom. The fourth-order valence-electron chi connectivity index (χ4n) is 2.69. The summed E-state index contributed by atoms with van der Waals surface area (Å²) in [7, 11) is 0. The smallest absolute Gasteiger partial charge is 0.0181 e. The van der Waals surface area contributed by atoms with Crippen molar-refractivity contribution in [2.75, 3.05) is 19.6 Å². The van der Waals surface area contributed by atoms with Crippen LogP contribution in [0.15, 0.2) is 0 Å². The fourth-order valence-corrected chi connectivity index (χ4v) is 2.69. The summed E-state index contributed by atoms with van der Waals surface area (Å²) in [5.41, 5.74) is 6.02. The van der Waals surface area contributed by atoms with Gasteiger partial charge in [-0.05, 0) is 58.7 Å². The van der Waals surface area contributed by atoms with E-state index in [1.807, 2.05) is 0 Å². The van der Waals surface area contributed by atoms with Crippen LogP contribution in [0.4, 0.5) is 0 Å². The molecule has 1 heterocycles. The molecule has 13 heavy (non-hydrogen) atoms. The second-order valence-electron chi connectivity index (χ2n) is 4.65. The maximum absolute atomic E-state index is 5.65. The maximum atomic E-state index is 5.65. The third kappa shape index (κ3) is 2.23. The molecule has 1 aliphatic heterocycles. The van der Waals surface area contributed by atoms with E-state index < -0.39 is 0 Å². The van der Waals surface area contributed by atoms with Crippen LogP contribution in [-0.2, 0) is 0 Å². The molecule has 0 aromatic carbocycles. The molecule has 0 aromatic heterocycles. The van der Waals surface area contributed by atoms with Crippen LogP contribution in [0.25, 0.3) is 0 Å². The van der Waals surface area contributed by atoms with Gasteiger partial charge in [-0.15, -0.1) is 0 Å². The lowest BCUT2D eigenvalue weighted by Crippen LogP contribution is -2.53. The van der Waals surface area contributed by atoms with E-state index in [9.17, 15) is 0 Å². The monoisotopic (exact) mass is 184 g/mol. The highest BCUT2D eigenvalue weighted by Crippen LogP contribution is 2.34. The van der Waals surface area contributed by atoms with Crippen LogP contribution in [0.3, 0.4) is 0 Å². The molecule has 0 spiro atoms. The van der Waals surface area contributed by atoms with Gasteiger partial charge in [0.25, 0.3) is 0 Å². The Balaban J connectivity index is 2.63. The van der Waals surface area contributed by atoms with Crippen LogP contribution in [-0.4, -0.2) is 30.1 Å². The van der Waals surface area contributed by atoms with Crippen molar-refractivity contribution >= 4 is 0 Å². The van der Waals surface area contributed by atoms with Gasteiger partial charge in [-0.1, -0.05) is 6.92 Å². The number of likely N-dealkylation sites (tertiary alicyclic amines) is 1. The zero-order valence-corrected chi connectivity index (χ0v) is 9.34. The molecule has 0 aromatic rings. The van der Waals surface area contributed by atoms with Crippen molar-refractivity contribution in [3.8, 4) is 0 Å². The van der Waals surface area contributed by atoms with E-state index in [-0.39, 0.29) is 0 Å². The lowest BCUT2D eigenvalue weighted by atomic mass is 9.77. The molecule has 0 amide bonds. The van der Waals surface area contributed by atoms with Gasteiger partial charge in [0.05, 0.1) is 0 Å². The summed E-state index contributed by atoms with van der Waals surface area (Å²) < 4.78 is 0. The molecule has 1 saturated heterocycles. The number of piperidine rings is 1. The van der Waals surface area contributed by atoms with Gasteiger partial charge in [-0.2, -0.15) is 0 Å². The summed E-state index contributed by atoms with van der Waals surface area (Å²) in [6.07, 6.45) is 3.89. The van der Waals surface area contributed by atoms with Crippen LogP contribution >= 0.6 is 0 Å². The summed E-state index contributed by atoms with van der Waals surface area (Å²) in [6, 6.07) is 0. The molecule has 1 atom stereocenters. The fraction of sp³-hybridized carbons (Fsp3) is 1.00. The third-order valence-corrected chi connectivity index (χ3v) is 3.69. The lowest BCUT2D eigenvalue weighted by molar-refractivity contribution is 0.0236. The molecule has 2 heteroatoms. The first-order valence-electron chi connectivity index (χ1n) is 5.58. The Kier molecular flexibility index (Phi) is 3.74. The van der Waals surface area contributed by atoms with Crippen molar-refractivity contribution in [2.45, 2.75) is 45.6 Å². The van der Waals surface area contributed by atoms with Crippen molar-refractivity contribution in [3.63, 3.8) is 0 Å². The van der Waals surface area contributed by atoms with Crippen molar-refractivity contribution in [1.29, 1.82) is 0 Å². The minimum atomic E-state index is 0.367. The highest BCUT2D eigenvalue weighted by atomic mass is 15.2. The number of nitrogens with zero attached hydrogens (tertiary/aromatic N) is 1. The first-order valence-corrected chi connectivity index (χ1v) is 5.58. The van der Waals surface area contributed by atoms with Crippen molar-refractivity contribution in [2.24, 2.45) is 11.7 Å². The number of hydrogen-bond acceptors (Lipinski definition) is 2. The van der Waals surface area contributed by atoms with Gasteiger partial charge < -0.3 is 5.73 Å². The van der Waals surface area contributed by atoms with Crippen LogP contribution in [0.2, 0.25) is 0 Å². The standard InChI is InChI=1S/C11H24N2/c1-4-13-9-5-6-10(7-8-12)11(13,2)3/h10H,4-9,12H2,1-3H3. The summed E-state index contributed by atoms with van der Waals surface area (Å²) >= 11 is 0. The van der Waals surface area contributed by atoms with Gasteiger partial charge in [-0.3, -0.25) is 4.90 Å². The van der Waals surface area contributed by atoms with E-state index in [4.69, 9.17) is 5.73 Å². The minimum absolute atomic E-state index is 0.367. The zero-order chi connectivity index (χ0) is 9.90. The normalized spacial score (nSPS) is 29.1. The average molecular weight is 184 g/mol. The van der Waals surface area contributed by atoms with Gasteiger partial charge >= 0.3 is 0 Å². The molecule has 78 valence electrons. The van der Waals surface area contributed by atoms with Crippen LogP contribution < -0.4 is 5.73 Å². The topological polar surface area (TPSA) is 29.3 Å². The molecule has 1 rings (SSSR count). The zero-order valence-electron chi connectivity index (χ0n) is 9.34. The van der Waals surface area contributed by atoms with Gasteiger partial charge in [0, 0.05) is 5.54 Å². The number of hydrogen-bond donors (Lipinski definition) is 1. The first kappa shape index (κ1) is 11.0. The predicted octanol–water partition coefficient (Wildman–Crippen LogP) is 1.85. The summed E-state index contributed by atoms with van der Waals surface area (Å²) in [4.78, 5) is 2.59. The molecule has 1 aliphatic rings. The second-order valence-corrected chi connectivity index (χ2v) is 4.65. The minimum Gasteiger partial charge on any atom is -0.330 e. The molecule has 0 saturated carbocycles. The molecule has 1 unspecified atom stereocenters. The summed E-state index contributed by atoms with van der Waals surface area (Å²) in [6.45, 7) is 10.3. The Hall–Kier alpha value is -0.0800. The predicted molar refractivity (Wildman–Crippen MR) is 57.7 cm³/mol. The van der Waals surface area contributed by atoms with E-state index in [2.05, 4.69) is 25.7 Å². The van der Waals surface area contributed by atoms with E-state index in [1.54, 1.807) is 0 Å². The molecule has 2 nitrogen and oxygen atoms in total. The second kappa shape index (κ2) is 4.43. The van der Waals surface area contributed by atoms with E-state index >= 15 is 0 Å². The summed E-state index contributed by atoms with van der Waals surface area (Å²) in [5.74, 6) is 0.797. The van der Waals surface area contributed by atoms with Gasteiger partial charge in [0.2, 0.25) is 0 Å². The molecule has 1 fully saturated rings. The Bertz CT molecular complexity index is 152. The van der Waals surface area contributed by atoms with Crippen molar-refractivity contribution in [1.82, 2.24) is 4.90 Å². The van der Waals surface area contributed by atoms with Crippen LogP contribution in [0.5, 0.6) is 0 Å². The lowest BCUT2D eigenvalue weighted by Gasteiger charge is -2.48. The van der Waals surface area contributed by atoms with Gasteiger partial charge in [-0.25, -0.2) is 0 Å². The molecular weight excluding hydrogens is 160 g/mol. The Morgan fingerprint density at radius 3 is 2.69 bits per heavy atom. The molecule has 0 radical (unpaired) electrons. The third-order valence-electron chi connectivity index (χ3n) is 3.69. The van der Waals surface area contributed by atoms with E-state index in [0.29, 0.717) is 5.54 Å². The van der Waals surface area contributed by atoms with Crippen LogP contribution in [0, 0.1) is 5.92 Å². The molecule has 2 N–H and O–H groups in total. The van der Waals surface area contributed by atoms with E-state index in [1.165, 1.54) is 32.4 Å². The summed E-state index contributed by atoms with van der Waals surface area (Å²) in [5, 5.41) is 0. The molecule has 0 bridgehead atoms. The highest BCUT2D eigenvalue weighted by Gasteiger charge is 2.36. The highest BCUT2D eigenvalue weighted by molar-refractivity contribution is 4.91. The molecule has 0 aliphatic carbocycles. The van der Waals surface area contributed by atoms with Crippen molar-refractivity contribution in [3.05, 3.63) is 0 Å². The SMILES string of the molecule is CCN1CCCC(CCN)C1(C)C. The number of nitrogens with two attached hydrogens (primary N) is 1. The average Bonchev–Trinajstić information content (AvgIpc) is 2.08. The Morgan fingerprint density at radius 1 is 1.46 bits per heavy atom.